The summed E-state index contributed by atoms with van der Waals surface area (Å²) in [5.41, 5.74) is 0. The highest BCUT2D eigenvalue weighted by Gasteiger charge is 2.19. The fourth-order valence-electron chi connectivity index (χ4n) is 7.34. The number of ether oxygens (including phenoxy) is 3. The van der Waals surface area contributed by atoms with Crippen LogP contribution < -0.4 is 0 Å². The van der Waals surface area contributed by atoms with Gasteiger partial charge in [-0.3, -0.25) is 14.4 Å². The topological polar surface area (TPSA) is 78.9 Å². The molecule has 0 aliphatic heterocycles. The molecule has 0 spiro atoms. The van der Waals surface area contributed by atoms with Crippen LogP contribution in [0.2, 0.25) is 0 Å². The highest BCUT2D eigenvalue weighted by atomic mass is 16.6. The molecular formula is C53H96O6. The van der Waals surface area contributed by atoms with E-state index < -0.39 is 6.10 Å². The fraction of sp³-hybridized carbons (Fsp3) is 0.830. The van der Waals surface area contributed by atoms with E-state index in [-0.39, 0.29) is 31.1 Å². The van der Waals surface area contributed by atoms with Crippen molar-refractivity contribution in [3.8, 4) is 0 Å². The van der Waals surface area contributed by atoms with Gasteiger partial charge in [-0.2, -0.15) is 0 Å². The Balaban J connectivity index is 4.27. The van der Waals surface area contributed by atoms with Gasteiger partial charge < -0.3 is 14.2 Å². The second-order valence-electron chi connectivity index (χ2n) is 17.1. The first-order valence-electron chi connectivity index (χ1n) is 25.5. The molecule has 0 saturated carbocycles. The van der Waals surface area contributed by atoms with E-state index in [1.165, 1.54) is 148 Å². The van der Waals surface area contributed by atoms with Gasteiger partial charge in [-0.15, -0.1) is 0 Å². The van der Waals surface area contributed by atoms with Gasteiger partial charge in [0.2, 0.25) is 0 Å². The Morgan fingerprint density at radius 3 is 1.03 bits per heavy atom. The van der Waals surface area contributed by atoms with Crippen LogP contribution in [0, 0.1) is 0 Å². The molecule has 1 unspecified atom stereocenters. The summed E-state index contributed by atoms with van der Waals surface area (Å²) in [5.74, 6) is -0.868. The van der Waals surface area contributed by atoms with E-state index in [9.17, 15) is 14.4 Å². The Morgan fingerprint density at radius 2 is 0.661 bits per heavy atom. The molecule has 0 radical (unpaired) electrons. The van der Waals surface area contributed by atoms with Crippen molar-refractivity contribution < 1.29 is 28.6 Å². The minimum Gasteiger partial charge on any atom is -0.462 e. The lowest BCUT2D eigenvalue weighted by Crippen LogP contribution is -2.30. The van der Waals surface area contributed by atoms with Crippen molar-refractivity contribution in [2.24, 2.45) is 0 Å². The number of hydrogen-bond donors (Lipinski definition) is 0. The van der Waals surface area contributed by atoms with Crippen LogP contribution in [0.1, 0.15) is 265 Å². The predicted octanol–water partition coefficient (Wildman–Crippen LogP) is 16.5. The van der Waals surface area contributed by atoms with Gasteiger partial charge in [0, 0.05) is 19.3 Å². The van der Waals surface area contributed by atoms with Crippen molar-refractivity contribution in [3.63, 3.8) is 0 Å². The van der Waals surface area contributed by atoms with Gasteiger partial charge in [0.15, 0.2) is 6.10 Å². The third-order valence-electron chi connectivity index (χ3n) is 11.2. The molecule has 59 heavy (non-hydrogen) atoms. The third kappa shape index (κ3) is 46.5. The number of hydrogen-bond acceptors (Lipinski definition) is 6. The summed E-state index contributed by atoms with van der Waals surface area (Å²) in [6, 6.07) is 0. The lowest BCUT2D eigenvalue weighted by atomic mass is 10.0. The Kier molecular flexibility index (Phi) is 46.4. The minimum atomic E-state index is -0.767. The molecule has 0 amide bonds. The van der Waals surface area contributed by atoms with Gasteiger partial charge in [-0.25, -0.2) is 0 Å². The summed E-state index contributed by atoms with van der Waals surface area (Å²) < 4.78 is 16.8. The molecule has 344 valence electrons. The zero-order valence-electron chi connectivity index (χ0n) is 39.3. The number of carbonyl (C=O) groups excluding carboxylic acids is 3. The maximum absolute atomic E-state index is 12.8. The summed E-state index contributed by atoms with van der Waals surface area (Å²) in [4.78, 5) is 37.8. The monoisotopic (exact) mass is 829 g/mol. The molecule has 6 nitrogen and oxygen atoms in total. The lowest BCUT2D eigenvalue weighted by molar-refractivity contribution is -0.167. The van der Waals surface area contributed by atoms with Crippen molar-refractivity contribution in [1.29, 1.82) is 0 Å². The number of allylic oxidation sites excluding steroid dienone is 6. The number of unbranched alkanes of at least 4 members (excludes halogenated alkanes) is 29. The van der Waals surface area contributed by atoms with Crippen LogP contribution >= 0.6 is 0 Å². The van der Waals surface area contributed by atoms with Gasteiger partial charge in [-0.1, -0.05) is 231 Å². The molecule has 0 bridgehead atoms. The number of carbonyl (C=O) groups is 3. The highest BCUT2D eigenvalue weighted by Crippen LogP contribution is 2.16. The molecule has 0 aromatic carbocycles. The van der Waals surface area contributed by atoms with E-state index in [1.807, 2.05) is 0 Å². The number of rotatable bonds is 46. The molecule has 0 aromatic rings. The van der Waals surface area contributed by atoms with Crippen molar-refractivity contribution >= 4 is 17.9 Å². The minimum absolute atomic E-state index is 0.0698. The quantitative estimate of drug-likeness (QED) is 0.0263. The standard InChI is InChI=1S/C53H96O6/c1-4-7-10-13-16-19-21-23-24-25-26-27-28-30-31-34-37-40-43-46-52(55)58-49-50(48-57-51(54)45-42-39-36-33-18-15-12-9-6-3)59-53(56)47-44-41-38-35-32-29-22-20-17-14-11-8-5-2/h7,10,16,19,23-24,50H,4-6,8-9,11-15,17-18,20-22,25-49H2,1-3H3/b10-7-,19-16-,24-23-. The molecule has 0 saturated heterocycles. The molecule has 0 fully saturated rings. The molecule has 6 heteroatoms. The fourth-order valence-corrected chi connectivity index (χ4v) is 7.34. The molecule has 0 aliphatic carbocycles. The SMILES string of the molecule is CC/C=C\C/C=C\C/C=C\CCCCCCCCCCCC(=O)OCC(COC(=O)CCCCCCCCCCC)OC(=O)CCCCCCCCCCCCCCC. The largest absolute Gasteiger partial charge is 0.462 e. The summed E-state index contributed by atoms with van der Waals surface area (Å²) >= 11 is 0. The van der Waals surface area contributed by atoms with Crippen LogP contribution in [0.15, 0.2) is 36.5 Å². The molecule has 0 aliphatic rings. The van der Waals surface area contributed by atoms with Crippen molar-refractivity contribution in [2.75, 3.05) is 13.2 Å². The maximum Gasteiger partial charge on any atom is 0.306 e. The first-order valence-corrected chi connectivity index (χ1v) is 25.5. The zero-order valence-corrected chi connectivity index (χ0v) is 39.3. The molecule has 0 N–H and O–H groups in total. The van der Waals surface area contributed by atoms with Crippen LogP contribution in [0.5, 0.6) is 0 Å². The summed E-state index contributed by atoms with van der Waals surface area (Å²) in [6.45, 7) is 6.52. The normalized spacial score (nSPS) is 12.3. The number of esters is 3. The molecule has 0 rings (SSSR count). The summed E-state index contributed by atoms with van der Waals surface area (Å²) in [6.07, 6.45) is 55.6. The second kappa shape index (κ2) is 48.3. The van der Waals surface area contributed by atoms with E-state index >= 15 is 0 Å². The third-order valence-corrected chi connectivity index (χ3v) is 11.2. The Morgan fingerprint density at radius 1 is 0.356 bits per heavy atom. The van der Waals surface area contributed by atoms with Crippen LogP contribution in [-0.4, -0.2) is 37.2 Å². The smallest absolute Gasteiger partial charge is 0.306 e. The highest BCUT2D eigenvalue weighted by molar-refractivity contribution is 5.71. The van der Waals surface area contributed by atoms with Crippen molar-refractivity contribution in [2.45, 2.75) is 271 Å². The molecular weight excluding hydrogens is 733 g/mol. The van der Waals surface area contributed by atoms with Gasteiger partial charge in [0.25, 0.3) is 0 Å². The van der Waals surface area contributed by atoms with Gasteiger partial charge in [-0.05, 0) is 51.4 Å². The molecule has 0 aromatic heterocycles. The lowest BCUT2D eigenvalue weighted by Gasteiger charge is -2.18. The zero-order chi connectivity index (χ0) is 43.0. The van der Waals surface area contributed by atoms with E-state index in [0.717, 1.165) is 77.0 Å². The van der Waals surface area contributed by atoms with Crippen LogP contribution in [0.4, 0.5) is 0 Å². The van der Waals surface area contributed by atoms with E-state index in [0.29, 0.717) is 19.3 Å². The molecule has 0 heterocycles. The summed E-state index contributed by atoms with van der Waals surface area (Å²) in [5, 5.41) is 0. The van der Waals surface area contributed by atoms with E-state index in [4.69, 9.17) is 14.2 Å². The Bertz CT molecular complexity index is 1000. The second-order valence-corrected chi connectivity index (χ2v) is 17.1. The van der Waals surface area contributed by atoms with Crippen LogP contribution in [0.3, 0.4) is 0 Å². The van der Waals surface area contributed by atoms with Crippen LogP contribution in [0.25, 0.3) is 0 Å². The predicted molar refractivity (Wildman–Crippen MR) is 252 cm³/mol. The van der Waals surface area contributed by atoms with Gasteiger partial charge >= 0.3 is 17.9 Å². The average molecular weight is 829 g/mol. The van der Waals surface area contributed by atoms with E-state index in [1.54, 1.807) is 0 Å². The van der Waals surface area contributed by atoms with Gasteiger partial charge in [0.1, 0.15) is 13.2 Å². The summed E-state index contributed by atoms with van der Waals surface area (Å²) in [7, 11) is 0. The Labute approximate surface area is 365 Å². The Hall–Kier alpha value is -2.37. The molecule has 1 atom stereocenters. The van der Waals surface area contributed by atoms with Crippen molar-refractivity contribution in [3.05, 3.63) is 36.5 Å². The maximum atomic E-state index is 12.8. The van der Waals surface area contributed by atoms with Crippen molar-refractivity contribution in [1.82, 2.24) is 0 Å². The van der Waals surface area contributed by atoms with E-state index in [2.05, 4.69) is 57.2 Å². The average Bonchev–Trinajstić information content (AvgIpc) is 3.23. The first-order chi connectivity index (χ1) is 29.0. The van der Waals surface area contributed by atoms with Gasteiger partial charge in [0.05, 0.1) is 0 Å². The van der Waals surface area contributed by atoms with Crippen LogP contribution in [-0.2, 0) is 28.6 Å². The first kappa shape index (κ1) is 56.6.